The lowest BCUT2D eigenvalue weighted by molar-refractivity contribution is -0.676. The average molecular weight is 188 g/mol. The molecular formula is C12H14NO+. The summed E-state index contributed by atoms with van der Waals surface area (Å²) in [7, 11) is 3.75. The Labute approximate surface area is 83.8 Å². The molecule has 0 aliphatic heterocycles. The fraction of sp³-hybridized carbons (Fsp3) is 0.250. The first-order valence-electron chi connectivity index (χ1n) is 4.65. The first-order valence-corrected chi connectivity index (χ1v) is 4.65. The van der Waals surface area contributed by atoms with Crippen LogP contribution in [0, 0.1) is 6.92 Å². The Morgan fingerprint density at radius 2 is 1.93 bits per heavy atom. The van der Waals surface area contributed by atoms with Crippen LogP contribution in [0.2, 0.25) is 0 Å². The molecule has 0 bridgehead atoms. The number of methoxy groups -OCH3 is 1. The molecule has 0 saturated heterocycles. The highest BCUT2D eigenvalue weighted by molar-refractivity contribution is 5.82. The number of nitrogens with zero attached hydrogens (tertiary/aromatic N) is 1. The number of hydrogen-bond acceptors (Lipinski definition) is 1. The summed E-state index contributed by atoms with van der Waals surface area (Å²) in [5.74, 6) is 0.908. The minimum atomic E-state index is 0.908. The second kappa shape index (κ2) is 3.29. The highest BCUT2D eigenvalue weighted by Crippen LogP contribution is 2.19. The molecule has 14 heavy (non-hydrogen) atoms. The third-order valence-electron chi connectivity index (χ3n) is 2.55. The maximum atomic E-state index is 5.19. The first-order chi connectivity index (χ1) is 6.70. The summed E-state index contributed by atoms with van der Waals surface area (Å²) in [5, 5.41) is 2.46. The van der Waals surface area contributed by atoms with Crippen LogP contribution in [-0.4, -0.2) is 7.11 Å². The van der Waals surface area contributed by atoms with Gasteiger partial charge in [-0.25, -0.2) is 4.57 Å². The van der Waals surface area contributed by atoms with Gasteiger partial charge in [-0.1, -0.05) is 0 Å². The van der Waals surface area contributed by atoms with E-state index < -0.39 is 0 Å². The molecule has 2 aromatic rings. The van der Waals surface area contributed by atoms with Crippen molar-refractivity contribution in [3.05, 3.63) is 36.2 Å². The maximum absolute atomic E-state index is 5.19. The van der Waals surface area contributed by atoms with Gasteiger partial charge in [0.25, 0.3) is 0 Å². The van der Waals surface area contributed by atoms with Gasteiger partial charge >= 0.3 is 0 Å². The third kappa shape index (κ3) is 1.43. The second-order valence-electron chi connectivity index (χ2n) is 3.52. The lowest BCUT2D eigenvalue weighted by atomic mass is 10.1. The van der Waals surface area contributed by atoms with Crippen molar-refractivity contribution < 1.29 is 9.30 Å². The molecule has 72 valence electrons. The summed E-state index contributed by atoms with van der Waals surface area (Å²) in [6.45, 7) is 2.10. The van der Waals surface area contributed by atoms with E-state index >= 15 is 0 Å². The van der Waals surface area contributed by atoms with Crippen molar-refractivity contribution in [1.82, 2.24) is 0 Å². The van der Waals surface area contributed by atoms with Gasteiger partial charge in [0.15, 0.2) is 11.9 Å². The summed E-state index contributed by atoms with van der Waals surface area (Å²) in [6, 6.07) is 8.28. The van der Waals surface area contributed by atoms with Crippen molar-refractivity contribution in [2.24, 2.45) is 7.05 Å². The number of pyridine rings is 1. The standard InChI is InChI=1S/C12H14NO/c1-9-6-11-7-12(14-3)5-4-10(11)8-13(9)2/h4-8H,1-3H3/q+1. The zero-order chi connectivity index (χ0) is 10.1. The number of aryl methyl sites for hydroxylation is 2. The van der Waals surface area contributed by atoms with Crippen molar-refractivity contribution in [3.63, 3.8) is 0 Å². The highest BCUT2D eigenvalue weighted by Gasteiger charge is 2.04. The number of benzene rings is 1. The lowest BCUT2D eigenvalue weighted by Gasteiger charge is -2.02. The molecule has 1 aromatic carbocycles. The maximum Gasteiger partial charge on any atom is 0.178 e. The Morgan fingerprint density at radius 1 is 1.14 bits per heavy atom. The van der Waals surface area contributed by atoms with Crippen molar-refractivity contribution in [2.45, 2.75) is 6.92 Å². The molecule has 2 nitrogen and oxygen atoms in total. The smallest absolute Gasteiger partial charge is 0.178 e. The quantitative estimate of drug-likeness (QED) is 0.624. The van der Waals surface area contributed by atoms with Gasteiger partial charge < -0.3 is 4.74 Å². The molecule has 0 amide bonds. The molecule has 2 rings (SSSR count). The fourth-order valence-corrected chi connectivity index (χ4v) is 1.56. The van der Waals surface area contributed by atoms with Crippen LogP contribution in [0.25, 0.3) is 10.8 Å². The van der Waals surface area contributed by atoms with Crippen LogP contribution in [-0.2, 0) is 7.05 Å². The van der Waals surface area contributed by atoms with Crippen molar-refractivity contribution in [3.8, 4) is 5.75 Å². The van der Waals surface area contributed by atoms with E-state index in [0.29, 0.717) is 0 Å². The Kier molecular flexibility index (Phi) is 2.12. The molecule has 0 atom stereocenters. The van der Waals surface area contributed by atoms with E-state index in [9.17, 15) is 0 Å². The summed E-state index contributed by atoms with van der Waals surface area (Å²) in [6.07, 6.45) is 2.13. The van der Waals surface area contributed by atoms with Crippen LogP contribution < -0.4 is 9.30 Å². The van der Waals surface area contributed by atoms with E-state index in [0.717, 1.165) is 5.75 Å². The Bertz CT molecular complexity index is 477. The number of aromatic nitrogens is 1. The summed E-state index contributed by atoms with van der Waals surface area (Å²) < 4.78 is 7.31. The summed E-state index contributed by atoms with van der Waals surface area (Å²) in [4.78, 5) is 0. The van der Waals surface area contributed by atoms with Gasteiger partial charge in [-0.15, -0.1) is 0 Å². The minimum absolute atomic E-state index is 0.908. The van der Waals surface area contributed by atoms with Gasteiger partial charge in [0.1, 0.15) is 12.8 Å². The number of rotatable bonds is 1. The van der Waals surface area contributed by atoms with Crippen LogP contribution in [0.4, 0.5) is 0 Å². The number of ether oxygens (including phenoxy) is 1. The normalized spacial score (nSPS) is 10.5. The number of fused-ring (bicyclic) bond motifs is 1. The summed E-state index contributed by atoms with van der Waals surface area (Å²) in [5.41, 5.74) is 1.24. The molecule has 0 aliphatic rings. The van der Waals surface area contributed by atoms with E-state index in [1.165, 1.54) is 16.5 Å². The van der Waals surface area contributed by atoms with Crippen molar-refractivity contribution >= 4 is 10.8 Å². The SMILES string of the molecule is COc1ccc2c[n+](C)c(C)cc2c1. The molecule has 0 spiro atoms. The van der Waals surface area contributed by atoms with Crippen LogP contribution in [0.3, 0.4) is 0 Å². The largest absolute Gasteiger partial charge is 0.497 e. The average Bonchev–Trinajstić information content (AvgIpc) is 2.19. The molecule has 2 heteroatoms. The molecule has 0 unspecified atom stereocenters. The van der Waals surface area contributed by atoms with Gasteiger partial charge in [-0.3, -0.25) is 0 Å². The van der Waals surface area contributed by atoms with E-state index in [-0.39, 0.29) is 0 Å². The van der Waals surface area contributed by atoms with Gasteiger partial charge in [-0.2, -0.15) is 0 Å². The molecule has 1 aromatic heterocycles. The lowest BCUT2D eigenvalue weighted by Crippen LogP contribution is -2.30. The molecule has 1 heterocycles. The number of hydrogen-bond donors (Lipinski definition) is 0. The molecule has 0 aliphatic carbocycles. The highest BCUT2D eigenvalue weighted by atomic mass is 16.5. The van der Waals surface area contributed by atoms with Gasteiger partial charge in [0, 0.05) is 18.4 Å². The van der Waals surface area contributed by atoms with E-state index in [1.54, 1.807) is 7.11 Å². The van der Waals surface area contributed by atoms with Crippen LogP contribution in [0.5, 0.6) is 5.75 Å². The van der Waals surface area contributed by atoms with E-state index in [1.807, 2.05) is 6.07 Å². The molecule has 0 N–H and O–H groups in total. The zero-order valence-electron chi connectivity index (χ0n) is 8.74. The predicted octanol–water partition coefficient (Wildman–Crippen LogP) is 1.98. The molecule has 0 radical (unpaired) electrons. The van der Waals surface area contributed by atoms with E-state index in [2.05, 4.69) is 42.9 Å². The Morgan fingerprint density at radius 3 is 2.64 bits per heavy atom. The van der Waals surface area contributed by atoms with Crippen molar-refractivity contribution in [1.29, 1.82) is 0 Å². The topological polar surface area (TPSA) is 13.1 Å². The molecular weight excluding hydrogens is 174 g/mol. The summed E-state index contributed by atoms with van der Waals surface area (Å²) >= 11 is 0. The molecule has 0 fully saturated rings. The van der Waals surface area contributed by atoms with Crippen molar-refractivity contribution in [2.75, 3.05) is 7.11 Å². The van der Waals surface area contributed by atoms with Gasteiger partial charge in [-0.05, 0) is 23.6 Å². The van der Waals surface area contributed by atoms with E-state index in [4.69, 9.17) is 4.74 Å². The monoisotopic (exact) mass is 188 g/mol. The van der Waals surface area contributed by atoms with Crippen LogP contribution >= 0.6 is 0 Å². The van der Waals surface area contributed by atoms with Gasteiger partial charge in [0.05, 0.1) is 7.11 Å². The fourth-order valence-electron chi connectivity index (χ4n) is 1.56. The van der Waals surface area contributed by atoms with Crippen LogP contribution in [0.1, 0.15) is 5.69 Å². The van der Waals surface area contributed by atoms with Gasteiger partial charge in [0.2, 0.25) is 0 Å². The Hall–Kier alpha value is -1.57. The minimum Gasteiger partial charge on any atom is -0.497 e. The second-order valence-corrected chi connectivity index (χ2v) is 3.52. The zero-order valence-corrected chi connectivity index (χ0v) is 8.74. The Balaban J connectivity index is 2.70. The van der Waals surface area contributed by atoms with Crippen LogP contribution in [0.15, 0.2) is 30.5 Å². The predicted molar refractivity (Wildman–Crippen MR) is 56.4 cm³/mol. The first kappa shape index (κ1) is 9.00. The third-order valence-corrected chi connectivity index (χ3v) is 2.55. The molecule has 0 saturated carbocycles.